The molecule has 1 heteroatoms. The van der Waals surface area contributed by atoms with E-state index in [1.54, 1.807) is 11.1 Å². The van der Waals surface area contributed by atoms with Crippen molar-refractivity contribution in [3.63, 3.8) is 0 Å². The molecule has 0 spiro atoms. The molecule has 1 nitrogen and oxygen atoms in total. The van der Waals surface area contributed by atoms with Crippen LogP contribution in [0.25, 0.3) is 0 Å². The number of hydrogen-bond acceptors (Lipinski definition) is 1. The van der Waals surface area contributed by atoms with Gasteiger partial charge < -0.3 is 5.32 Å². The number of hydrogen-bond donors (Lipinski definition) is 1. The molecule has 0 aliphatic heterocycles. The van der Waals surface area contributed by atoms with E-state index in [1.165, 1.54) is 37.7 Å². The molecule has 88 valence electrons. The van der Waals surface area contributed by atoms with Crippen LogP contribution in [0.4, 0.5) is 0 Å². The molecule has 1 aliphatic carbocycles. The van der Waals surface area contributed by atoms with Crippen molar-refractivity contribution >= 4 is 0 Å². The van der Waals surface area contributed by atoms with Crippen LogP contribution in [0, 0.1) is 0 Å². The molecule has 1 aliphatic rings. The molecule has 0 amide bonds. The Labute approximate surface area is 99.3 Å². The van der Waals surface area contributed by atoms with Gasteiger partial charge in [0.1, 0.15) is 0 Å². The molecule has 0 radical (unpaired) electrons. The van der Waals surface area contributed by atoms with E-state index in [9.17, 15) is 0 Å². The topological polar surface area (TPSA) is 12.0 Å². The minimum Gasteiger partial charge on any atom is -0.315 e. The molecule has 1 aromatic carbocycles. The molecule has 0 bridgehead atoms. The van der Waals surface area contributed by atoms with Gasteiger partial charge in [0.05, 0.1) is 0 Å². The standard InChI is InChI=1S/C15H23N/c1-3-16-12(2)7-8-13-9-10-14-5-4-6-15(14)11-13/h9-12,16H,3-8H2,1-2H3. The lowest BCUT2D eigenvalue weighted by Gasteiger charge is -2.12. The van der Waals surface area contributed by atoms with E-state index >= 15 is 0 Å². The van der Waals surface area contributed by atoms with E-state index in [2.05, 4.69) is 37.4 Å². The van der Waals surface area contributed by atoms with Gasteiger partial charge in [0.2, 0.25) is 0 Å². The quantitative estimate of drug-likeness (QED) is 0.799. The minimum atomic E-state index is 0.637. The SMILES string of the molecule is CCNC(C)CCc1ccc2c(c1)CCC2. The minimum absolute atomic E-state index is 0.637. The summed E-state index contributed by atoms with van der Waals surface area (Å²) in [6.07, 6.45) is 6.40. The first kappa shape index (κ1) is 11.7. The predicted octanol–water partition coefficient (Wildman–Crippen LogP) is 3.11. The summed E-state index contributed by atoms with van der Waals surface area (Å²) in [5, 5.41) is 3.47. The highest BCUT2D eigenvalue weighted by atomic mass is 14.9. The molecule has 1 aromatic rings. The van der Waals surface area contributed by atoms with Crippen LogP contribution in [0.3, 0.4) is 0 Å². The highest BCUT2D eigenvalue weighted by Gasteiger charge is 2.10. The Balaban J connectivity index is 1.90. The number of fused-ring (bicyclic) bond motifs is 1. The number of benzene rings is 1. The number of aryl methyl sites for hydroxylation is 3. The largest absolute Gasteiger partial charge is 0.315 e. The Bertz CT molecular complexity index is 343. The normalized spacial score (nSPS) is 16.1. The van der Waals surface area contributed by atoms with Crippen molar-refractivity contribution in [1.82, 2.24) is 5.32 Å². The van der Waals surface area contributed by atoms with Crippen molar-refractivity contribution in [3.05, 3.63) is 34.9 Å². The molecule has 1 unspecified atom stereocenters. The maximum absolute atomic E-state index is 3.47. The smallest absolute Gasteiger partial charge is 0.00417 e. The molecule has 0 saturated heterocycles. The Morgan fingerprint density at radius 2 is 2.06 bits per heavy atom. The second-order valence-electron chi connectivity index (χ2n) is 4.95. The van der Waals surface area contributed by atoms with Gasteiger partial charge in [0.25, 0.3) is 0 Å². The van der Waals surface area contributed by atoms with Crippen LogP contribution in [-0.4, -0.2) is 12.6 Å². The summed E-state index contributed by atoms with van der Waals surface area (Å²) in [5.74, 6) is 0. The lowest BCUT2D eigenvalue weighted by atomic mass is 10.0. The molecule has 16 heavy (non-hydrogen) atoms. The molecule has 0 heterocycles. The Kier molecular flexibility index (Phi) is 4.00. The average molecular weight is 217 g/mol. The first-order valence-corrected chi connectivity index (χ1v) is 6.63. The lowest BCUT2D eigenvalue weighted by Crippen LogP contribution is -2.25. The Morgan fingerprint density at radius 3 is 2.88 bits per heavy atom. The number of nitrogens with one attached hydrogen (secondary N) is 1. The highest BCUT2D eigenvalue weighted by molar-refractivity contribution is 5.35. The second-order valence-corrected chi connectivity index (χ2v) is 4.95. The predicted molar refractivity (Wildman–Crippen MR) is 69.9 cm³/mol. The van der Waals surface area contributed by atoms with Crippen LogP contribution in [0.1, 0.15) is 43.4 Å². The molecule has 0 aromatic heterocycles. The van der Waals surface area contributed by atoms with Crippen LogP contribution in [-0.2, 0) is 19.3 Å². The summed E-state index contributed by atoms with van der Waals surface area (Å²) in [7, 11) is 0. The lowest BCUT2D eigenvalue weighted by molar-refractivity contribution is 0.530. The summed E-state index contributed by atoms with van der Waals surface area (Å²) < 4.78 is 0. The Morgan fingerprint density at radius 1 is 1.25 bits per heavy atom. The molecule has 1 atom stereocenters. The fourth-order valence-electron chi connectivity index (χ4n) is 2.61. The molecular formula is C15H23N. The van der Waals surface area contributed by atoms with E-state index < -0.39 is 0 Å². The first-order chi connectivity index (χ1) is 7.79. The van der Waals surface area contributed by atoms with E-state index in [0.29, 0.717) is 6.04 Å². The maximum atomic E-state index is 3.47. The van der Waals surface area contributed by atoms with Gasteiger partial charge >= 0.3 is 0 Å². The summed E-state index contributed by atoms with van der Waals surface area (Å²) in [6, 6.07) is 7.73. The first-order valence-electron chi connectivity index (χ1n) is 6.63. The van der Waals surface area contributed by atoms with Crippen molar-refractivity contribution < 1.29 is 0 Å². The fraction of sp³-hybridized carbons (Fsp3) is 0.600. The van der Waals surface area contributed by atoms with Gasteiger partial charge in [0, 0.05) is 6.04 Å². The maximum Gasteiger partial charge on any atom is 0.00417 e. The van der Waals surface area contributed by atoms with E-state index in [4.69, 9.17) is 0 Å². The monoisotopic (exact) mass is 217 g/mol. The molecule has 0 saturated carbocycles. The number of rotatable bonds is 5. The van der Waals surface area contributed by atoms with Gasteiger partial charge in [-0.2, -0.15) is 0 Å². The molecular weight excluding hydrogens is 194 g/mol. The van der Waals surface area contributed by atoms with Crippen LogP contribution in [0.15, 0.2) is 18.2 Å². The van der Waals surface area contributed by atoms with Crippen LogP contribution in [0.2, 0.25) is 0 Å². The van der Waals surface area contributed by atoms with Gasteiger partial charge in [0.15, 0.2) is 0 Å². The summed E-state index contributed by atoms with van der Waals surface area (Å²) in [5.41, 5.74) is 4.71. The third-order valence-electron chi connectivity index (χ3n) is 3.58. The van der Waals surface area contributed by atoms with Crippen LogP contribution < -0.4 is 5.32 Å². The van der Waals surface area contributed by atoms with Gasteiger partial charge in [-0.25, -0.2) is 0 Å². The second kappa shape index (κ2) is 5.49. The van der Waals surface area contributed by atoms with Crippen molar-refractivity contribution in [2.24, 2.45) is 0 Å². The average Bonchev–Trinajstić information content (AvgIpc) is 2.74. The highest BCUT2D eigenvalue weighted by Crippen LogP contribution is 2.23. The summed E-state index contributed by atoms with van der Waals surface area (Å²) in [6.45, 7) is 5.52. The van der Waals surface area contributed by atoms with Crippen molar-refractivity contribution in [3.8, 4) is 0 Å². The summed E-state index contributed by atoms with van der Waals surface area (Å²) in [4.78, 5) is 0. The van der Waals surface area contributed by atoms with Gasteiger partial charge in [-0.3, -0.25) is 0 Å². The third kappa shape index (κ3) is 2.85. The summed E-state index contributed by atoms with van der Waals surface area (Å²) >= 11 is 0. The van der Waals surface area contributed by atoms with Crippen molar-refractivity contribution in [1.29, 1.82) is 0 Å². The Hall–Kier alpha value is -0.820. The van der Waals surface area contributed by atoms with Gasteiger partial charge in [-0.15, -0.1) is 0 Å². The van der Waals surface area contributed by atoms with Crippen LogP contribution in [0.5, 0.6) is 0 Å². The molecule has 0 fully saturated rings. The van der Waals surface area contributed by atoms with Gasteiger partial charge in [-0.05, 0) is 62.3 Å². The van der Waals surface area contributed by atoms with Crippen molar-refractivity contribution in [2.75, 3.05) is 6.54 Å². The van der Waals surface area contributed by atoms with Gasteiger partial charge in [-0.1, -0.05) is 25.1 Å². The van der Waals surface area contributed by atoms with E-state index in [1.807, 2.05) is 0 Å². The van der Waals surface area contributed by atoms with Crippen molar-refractivity contribution in [2.45, 2.75) is 52.0 Å². The van der Waals surface area contributed by atoms with Crippen LogP contribution >= 0.6 is 0 Å². The zero-order valence-corrected chi connectivity index (χ0v) is 10.6. The zero-order chi connectivity index (χ0) is 11.4. The molecule has 1 N–H and O–H groups in total. The zero-order valence-electron chi connectivity index (χ0n) is 10.6. The fourth-order valence-corrected chi connectivity index (χ4v) is 2.61. The van der Waals surface area contributed by atoms with E-state index in [-0.39, 0.29) is 0 Å². The van der Waals surface area contributed by atoms with E-state index in [0.717, 1.165) is 6.54 Å². The third-order valence-corrected chi connectivity index (χ3v) is 3.58. The molecule has 2 rings (SSSR count).